The second-order valence-electron chi connectivity index (χ2n) is 2.98. The topological polar surface area (TPSA) is 66.4 Å². The van der Waals surface area contributed by atoms with E-state index in [1.54, 1.807) is 11.6 Å². The van der Waals surface area contributed by atoms with Crippen LogP contribution in [0.2, 0.25) is 0 Å². The summed E-state index contributed by atoms with van der Waals surface area (Å²) in [6.07, 6.45) is 0.277. The summed E-state index contributed by atoms with van der Waals surface area (Å²) in [5, 5.41) is 9.30. The second kappa shape index (κ2) is 4.30. The summed E-state index contributed by atoms with van der Waals surface area (Å²) in [6, 6.07) is 0. The Bertz CT molecular complexity index is 251. The highest BCUT2D eigenvalue weighted by Gasteiger charge is 2.27. The van der Waals surface area contributed by atoms with E-state index in [0.717, 1.165) is 0 Å². The molecular weight excluding hydrogens is 204 g/mol. The number of sulfonamides is 1. The van der Waals surface area contributed by atoms with Crippen molar-refractivity contribution in [2.24, 2.45) is 0 Å². The molecule has 0 aliphatic carbocycles. The maximum Gasteiger partial charge on any atom is 0.350 e. The van der Waals surface area contributed by atoms with E-state index in [1.807, 2.05) is 0 Å². The highest BCUT2D eigenvalue weighted by Crippen LogP contribution is 2.08. The van der Waals surface area contributed by atoms with Gasteiger partial charge in [-0.1, -0.05) is 6.92 Å². The third-order valence-corrected chi connectivity index (χ3v) is 2.67. The second-order valence-corrected chi connectivity index (χ2v) is 4.71. The number of aliphatic hydroxyl groups is 1. The van der Waals surface area contributed by atoms with Crippen molar-refractivity contribution in [2.45, 2.75) is 31.6 Å². The van der Waals surface area contributed by atoms with Crippen molar-refractivity contribution in [3.8, 4) is 0 Å². The molecule has 0 fully saturated rings. The Morgan fingerprint density at radius 3 is 2.31 bits per heavy atom. The number of hydrogen-bond acceptors (Lipinski definition) is 3. The molecule has 0 bridgehead atoms. The Labute approximate surface area is 76.0 Å². The van der Waals surface area contributed by atoms with Crippen molar-refractivity contribution in [1.82, 2.24) is 4.72 Å². The van der Waals surface area contributed by atoms with Gasteiger partial charge in [-0.25, -0.2) is 13.1 Å². The maximum atomic E-state index is 11.8. The van der Waals surface area contributed by atoms with Crippen LogP contribution in [0.3, 0.4) is 0 Å². The Morgan fingerprint density at radius 2 is 2.00 bits per heavy atom. The van der Waals surface area contributed by atoms with Gasteiger partial charge in [0, 0.05) is 6.54 Å². The molecule has 1 unspecified atom stereocenters. The molecule has 1 atom stereocenters. The number of halogens is 2. The molecule has 0 heterocycles. The zero-order valence-corrected chi connectivity index (χ0v) is 8.24. The summed E-state index contributed by atoms with van der Waals surface area (Å²) in [5.41, 5.74) is -1.29. The average molecular weight is 217 g/mol. The van der Waals surface area contributed by atoms with Crippen LogP contribution < -0.4 is 4.72 Å². The molecule has 0 aliphatic heterocycles. The first-order chi connectivity index (χ1) is 5.71. The van der Waals surface area contributed by atoms with E-state index in [0.29, 0.717) is 0 Å². The van der Waals surface area contributed by atoms with Crippen molar-refractivity contribution < 1.29 is 22.3 Å². The van der Waals surface area contributed by atoms with Crippen molar-refractivity contribution in [2.75, 3.05) is 6.54 Å². The normalized spacial score (nSPS) is 17.4. The van der Waals surface area contributed by atoms with Gasteiger partial charge in [0.2, 0.25) is 0 Å². The van der Waals surface area contributed by atoms with E-state index >= 15 is 0 Å². The van der Waals surface area contributed by atoms with Gasteiger partial charge >= 0.3 is 5.76 Å². The SMILES string of the molecule is CCC(C)(O)CNS(=O)(=O)C(F)F. The molecule has 0 saturated carbocycles. The monoisotopic (exact) mass is 217 g/mol. The molecule has 0 rings (SSSR count). The highest BCUT2D eigenvalue weighted by atomic mass is 32.2. The quantitative estimate of drug-likeness (QED) is 0.695. The van der Waals surface area contributed by atoms with Gasteiger partial charge in [-0.3, -0.25) is 0 Å². The minimum Gasteiger partial charge on any atom is -0.389 e. The van der Waals surface area contributed by atoms with Crippen LogP contribution in [0.1, 0.15) is 20.3 Å². The molecule has 0 aromatic heterocycles. The van der Waals surface area contributed by atoms with Gasteiger partial charge in [-0.2, -0.15) is 8.78 Å². The van der Waals surface area contributed by atoms with Gasteiger partial charge in [0.05, 0.1) is 5.60 Å². The zero-order valence-electron chi connectivity index (χ0n) is 7.42. The van der Waals surface area contributed by atoms with Gasteiger partial charge < -0.3 is 5.11 Å². The fraction of sp³-hybridized carbons (Fsp3) is 1.00. The van der Waals surface area contributed by atoms with Gasteiger partial charge in [0.1, 0.15) is 0 Å². The Hall–Kier alpha value is -0.270. The molecule has 0 radical (unpaired) electrons. The van der Waals surface area contributed by atoms with Crippen LogP contribution in [-0.4, -0.2) is 31.4 Å². The number of hydrogen-bond donors (Lipinski definition) is 2. The predicted octanol–water partition coefficient (Wildman–Crippen LogP) is 0.289. The largest absolute Gasteiger partial charge is 0.389 e. The number of alkyl halides is 2. The van der Waals surface area contributed by atoms with Crippen LogP contribution in [0, 0.1) is 0 Å². The van der Waals surface area contributed by atoms with Crippen molar-refractivity contribution >= 4 is 10.0 Å². The van der Waals surface area contributed by atoms with Crippen LogP contribution in [0.25, 0.3) is 0 Å². The molecule has 0 spiro atoms. The molecular formula is C6H13F2NO3S. The van der Waals surface area contributed by atoms with Crippen molar-refractivity contribution in [1.29, 1.82) is 0 Å². The minimum atomic E-state index is -4.58. The molecule has 0 aliphatic rings. The molecule has 0 aromatic carbocycles. The van der Waals surface area contributed by atoms with Gasteiger partial charge in [0.15, 0.2) is 0 Å². The molecule has 0 aromatic rings. The molecule has 7 heteroatoms. The third kappa shape index (κ3) is 4.49. The summed E-state index contributed by atoms with van der Waals surface area (Å²) < 4.78 is 46.2. The van der Waals surface area contributed by atoms with Crippen LogP contribution in [0.15, 0.2) is 0 Å². The van der Waals surface area contributed by atoms with E-state index < -0.39 is 27.9 Å². The average Bonchev–Trinajstić information content (AvgIpc) is 2.01. The van der Waals surface area contributed by atoms with Gasteiger partial charge in [-0.15, -0.1) is 0 Å². The molecule has 2 N–H and O–H groups in total. The molecule has 4 nitrogen and oxygen atoms in total. The first-order valence-electron chi connectivity index (χ1n) is 3.70. The van der Waals surface area contributed by atoms with E-state index in [9.17, 15) is 22.3 Å². The Kier molecular flexibility index (Phi) is 4.21. The van der Waals surface area contributed by atoms with E-state index in [1.165, 1.54) is 6.92 Å². The van der Waals surface area contributed by atoms with Crippen molar-refractivity contribution in [3.63, 3.8) is 0 Å². The van der Waals surface area contributed by atoms with E-state index in [2.05, 4.69) is 0 Å². The number of rotatable bonds is 5. The van der Waals surface area contributed by atoms with Crippen LogP contribution in [0.4, 0.5) is 8.78 Å². The summed E-state index contributed by atoms with van der Waals surface area (Å²) in [7, 11) is -4.58. The standard InChI is InChI=1S/C6H13F2NO3S/c1-3-6(2,10)4-9-13(11,12)5(7)8/h5,9-10H,3-4H2,1-2H3. The van der Waals surface area contributed by atoms with Crippen LogP contribution in [-0.2, 0) is 10.0 Å². The highest BCUT2D eigenvalue weighted by molar-refractivity contribution is 7.89. The molecule has 0 amide bonds. The first-order valence-corrected chi connectivity index (χ1v) is 5.25. The lowest BCUT2D eigenvalue weighted by Crippen LogP contribution is -2.41. The number of nitrogens with one attached hydrogen (secondary N) is 1. The lowest BCUT2D eigenvalue weighted by atomic mass is 10.1. The Balaban J connectivity index is 4.19. The fourth-order valence-electron chi connectivity index (χ4n) is 0.444. The maximum absolute atomic E-state index is 11.8. The lowest BCUT2D eigenvalue weighted by molar-refractivity contribution is 0.0608. The third-order valence-electron chi connectivity index (χ3n) is 1.65. The van der Waals surface area contributed by atoms with Crippen LogP contribution in [0.5, 0.6) is 0 Å². The van der Waals surface area contributed by atoms with Crippen molar-refractivity contribution in [3.05, 3.63) is 0 Å². The fourth-order valence-corrected chi connectivity index (χ4v) is 1.08. The predicted molar refractivity (Wildman–Crippen MR) is 43.8 cm³/mol. The smallest absolute Gasteiger partial charge is 0.350 e. The van der Waals surface area contributed by atoms with E-state index in [-0.39, 0.29) is 6.42 Å². The lowest BCUT2D eigenvalue weighted by Gasteiger charge is -2.21. The summed E-state index contributed by atoms with van der Waals surface area (Å²) in [4.78, 5) is 0. The summed E-state index contributed by atoms with van der Waals surface area (Å²) in [6.45, 7) is 2.58. The van der Waals surface area contributed by atoms with Crippen LogP contribution >= 0.6 is 0 Å². The van der Waals surface area contributed by atoms with Gasteiger partial charge in [0.25, 0.3) is 10.0 Å². The summed E-state index contributed by atoms with van der Waals surface area (Å²) in [5.74, 6) is -3.46. The Morgan fingerprint density at radius 1 is 1.54 bits per heavy atom. The molecule has 0 saturated heterocycles. The zero-order chi connectivity index (χ0) is 10.7. The minimum absolute atomic E-state index is 0.277. The molecule has 80 valence electrons. The first kappa shape index (κ1) is 12.7. The van der Waals surface area contributed by atoms with E-state index in [4.69, 9.17) is 0 Å². The molecule has 13 heavy (non-hydrogen) atoms. The summed E-state index contributed by atoms with van der Waals surface area (Å²) >= 11 is 0. The van der Waals surface area contributed by atoms with Gasteiger partial charge in [-0.05, 0) is 13.3 Å².